The van der Waals surface area contributed by atoms with E-state index in [0.717, 1.165) is 19.6 Å². The molecule has 0 saturated carbocycles. The van der Waals surface area contributed by atoms with Crippen molar-refractivity contribution in [3.8, 4) is 0 Å². The minimum atomic E-state index is 0.586. The molecule has 0 fully saturated rings. The lowest BCUT2D eigenvalue weighted by Crippen LogP contribution is -2.18. The van der Waals surface area contributed by atoms with Gasteiger partial charge in [-0.2, -0.15) is 0 Å². The van der Waals surface area contributed by atoms with E-state index in [1.807, 2.05) is 7.05 Å². The lowest BCUT2D eigenvalue weighted by Gasteiger charge is -2.16. The van der Waals surface area contributed by atoms with Crippen LogP contribution in [-0.2, 0) is 6.54 Å². The maximum Gasteiger partial charge on any atom is 0.0230 e. The lowest BCUT2D eigenvalue weighted by atomic mass is 10.00. The lowest BCUT2D eigenvalue weighted by molar-refractivity contribution is 0.327. The van der Waals surface area contributed by atoms with Crippen molar-refractivity contribution in [3.63, 3.8) is 0 Å². The maximum atomic E-state index is 3.22. The van der Waals surface area contributed by atoms with Crippen molar-refractivity contribution in [1.29, 1.82) is 0 Å². The molecule has 0 aliphatic heterocycles. The first kappa shape index (κ1) is 14.2. The van der Waals surface area contributed by atoms with Crippen molar-refractivity contribution >= 4 is 0 Å². The first-order chi connectivity index (χ1) is 8.17. The fourth-order valence-corrected chi connectivity index (χ4v) is 2.15. The summed E-state index contributed by atoms with van der Waals surface area (Å²) >= 11 is 0. The summed E-state index contributed by atoms with van der Waals surface area (Å²) in [6, 6.07) is 9.04. The summed E-state index contributed by atoms with van der Waals surface area (Å²) in [5.41, 5.74) is 2.82. The Kier molecular flexibility index (Phi) is 6.23. The van der Waals surface area contributed by atoms with Crippen LogP contribution in [0.2, 0.25) is 0 Å². The van der Waals surface area contributed by atoms with Gasteiger partial charge in [0.25, 0.3) is 0 Å². The number of hydrogen-bond donors (Lipinski definition) is 1. The smallest absolute Gasteiger partial charge is 0.0230 e. The van der Waals surface area contributed by atoms with E-state index in [4.69, 9.17) is 0 Å². The number of rotatable bonds is 7. The molecule has 0 saturated heterocycles. The minimum Gasteiger partial charge on any atom is -0.319 e. The quantitative estimate of drug-likeness (QED) is 0.780. The van der Waals surface area contributed by atoms with Crippen molar-refractivity contribution in [3.05, 3.63) is 35.4 Å². The topological polar surface area (TPSA) is 15.3 Å². The SMILES string of the molecule is CCCN(C)Cc1ccc(C(C)CNC)cc1. The molecule has 0 aromatic heterocycles. The zero-order valence-electron chi connectivity index (χ0n) is 11.7. The number of benzene rings is 1. The first-order valence-electron chi connectivity index (χ1n) is 6.59. The van der Waals surface area contributed by atoms with Crippen molar-refractivity contribution < 1.29 is 0 Å². The van der Waals surface area contributed by atoms with Gasteiger partial charge in [-0.1, -0.05) is 38.1 Å². The van der Waals surface area contributed by atoms with Gasteiger partial charge in [0.15, 0.2) is 0 Å². The van der Waals surface area contributed by atoms with Crippen LogP contribution in [-0.4, -0.2) is 32.1 Å². The summed E-state index contributed by atoms with van der Waals surface area (Å²) in [7, 11) is 4.19. The van der Waals surface area contributed by atoms with E-state index in [0.29, 0.717) is 5.92 Å². The van der Waals surface area contributed by atoms with Gasteiger partial charge in [0.1, 0.15) is 0 Å². The Labute approximate surface area is 106 Å². The second-order valence-corrected chi connectivity index (χ2v) is 4.94. The Morgan fingerprint density at radius 2 is 1.88 bits per heavy atom. The van der Waals surface area contributed by atoms with Gasteiger partial charge in [-0.3, -0.25) is 0 Å². The molecule has 2 heteroatoms. The van der Waals surface area contributed by atoms with Gasteiger partial charge in [-0.15, -0.1) is 0 Å². The molecule has 1 rings (SSSR count). The second-order valence-electron chi connectivity index (χ2n) is 4.94. The largest absolute Gasteiger partial charge is 0.319 e. The Balaban J connectivity index is 2.55. The molecule has 1 aromatic carbocycles. The molecule has 0 aliphatic carbocycles. The molecule has 0 bridgehead atoms. The Morgan fingerprint density at radius 3 is 2.41 bits per heavy atom. The third-order valence-corrected chi connectivity index (χ3v) is 3.12. The summed E-state index contributed by atoms with van der Waals surface area (Å²) in [5.74, 6) is 0.586. The number of hydrogen-bond acceptors (Lipinski definition) is 2. The third-order valence-electron chi connectivity index (χ3n) is 3.12. The predicted octanol–water partition coefficient (Wildman–Crippen LogP) is 2.85. The van der Waals surface area contributed by atoms with Gasteiger partial charge in [0.05, 0.1) is 0 Å². The van der Waals surface area contributed by atoms with E-state index >= 15 is 0 Å². The third kappa shape index (κ3) is 4.88. The highest BCUT2D eigenvalue weighted by Gasteiger charge is 2.04. The molecule has 17 heavy (non-hydrogen) atoms. The molecular formula is C15H26N2. The summed E-state index contributed by atoms with van der Waals surface area (Å²) in [5, 5.41) is 3.22. The van der Waals surface area contributed by atoms with Gasteiger partial charge in [0.2, 0.25) is 0 Å². The molecule has 0 spiro atoms. The Hall–Kier alpha value is -0.860. The maximum absolute atomic E-state index is 3.22. The first-order valence-corrected chi connectivity index (χ1v) is 6.59. The monoisotopic (exact) mass is 234 g/mol. The van der Waals surface area contributed by atoms with Gasteiger partial charge >= 0.3 is 0 Å². The fourth-order valence-electron chi connectivity index (χ4n) is 2.15. The molecule has 1 atom stereocenters. The van der Waals surface area contributed by atoms with Crippen LogP contribution in [0, 0.1) is 0 Å². The predicted molar refractivity (Wildman–Crippen MR) is 75.4 cm³/mol. The molecule has 96 valence electrons. The van der Waals surface area contributed by atoms with Crippen molar-refractivity contribution in [2.24, 2.45) is 0 Å². The molecule has 2 nitrogen and oxygen atoms in total. The molecule has 1 unspecified atom stereocenters. The highest BCUT2D eigenvalue weighted by molar-refractivity contribution is 5.25. The average Bonchev–Trinajstić information content (AvgIpc) is 2.30. The van der Waals surface area contributed by atoms with E-state index in [-0.39, 0.29) is 0 Å². The zero-order valence-corrected chi connectivity index (χ0v) is 11.7. The van der Waals surface area contributed by atoms with E-state index in [1.165, 1.54) is 17.5 Å². The van der Waals surface area contributed by atoms with Gasteiger partial charge in [-0.25, -0.2) is 0 Å². The summed E-state index contributed by atoms with van der Waals surface area (Å²) in [4.78, 5) is 2.37. The van der Waals surface area contributed by atoms with Crippen molar-refractivity contribution in [2.45, 2.75) is 32.7 Å². The number of nitrogens with one attached hydrogen (secondary N) is 1. The zero-order chi connectivity index (χ0) is 12.7. The molecule has 0 aliphatic rings. The molecular weight excluding hydrogens is 208 g/mol. The normalized spacial score (nSPS) is 13.0. The van der Waals surface area contributed by atoms with E-state index in [9.17, 15) is 0 Å². The van der Waals surface area contributed by atoms with Crippen LogP contribution >= 0.6 is 0 Å². The van der Waals surface area contributed by atoms with Gasteiger partial charge in [-0.05, 0) is 44.1 Å². The fraction of sp³-hybridized carbons (Fsp3) is 0.600. The number of likely N-dealkylation sites (N-methyl/N-ethyl adjacent to an activating group) is 1. The summed E-state index contributed by atoms with van der Waals surface area (Å²) in [6.45, 7) is 7.73. The molecule has 0 heterocycles. The van der Waals surface area contributed by atoms with Gasteiger partial charge in [0, 0.05) is 13.1 Å². The second kappa shape index (κ2) is 7.46. The van der Waals surface area contributed by atoms with Crippen molar-refractivity contribution in [2.75, 3.05) is 27.2 Å². The van der Waals surface area contributed by atoms with Crippen LogP contribution in [0.15, 0.2) is 24.3 Å². The van der Waals surface area contributed by atoms with Crippen LogP contribution in [0.4, 0.5) is 0 Å². The Morgan fingerprint density at radius 1 is 1.24 bits per heavy atom. The van der Waals surface area contributed by atoms with Crippen molar-refractivity contribution in [1.82, 2.24) is 10.2 Å². The van der Waals surface area contributed by atoms with Gasteiger partial charge < -0.3 is 10.2 Å². The standard InChI is InChI=1S/C15H26N2/c1-5-10-17(4)12-14-6-8-15(9-7-14)13(2)11-16-3/h6-9,13,16H,5,10-12H2,1-4H3. The molecule has 0 amide bonds. The highest BCUT2D eigenvalue weighted by Crippen LogP contribution is 2.15. The average molecular weight is 234 g/mol. The Bertz CT molecular complexity index is 305. The summed E-state index contributed by atoms with van der Waals surface area (Å²) in [6.07, 6.45) is 1.22. The van der Waals surface area contributed by atoms with E-state index in [1.54, 1.807) is 0 Å². The van der Waals surface area contributed by atoms with E-state index < -0.39 is 0 Å². The van der Waals surface area contributed by atoms with Crippen LogP contribution in [0.1, 0.15) is 37.3 Å². The van der Waals surface area contributed by atoms with Crippen LogP contribution in [0.5, 0.6) is 0 Å². The highest BCUT2D eigenvalue weighted by atomic mass is 15.1. The van der Waals surface area contributed by atoms with Crippen LogP contribution < -0.4 is 5.32 Å². The van der Waals surface area contributed by atoms with E-state index in [2.05, 4.69) is 55.4 Å². The minimum absolute atomic E-state index is 0.586. The van der Waals surface area contributed by atoms with Crippen LogP contribution in [0.25, 0.3) is 0 Å². The molecule has 1 N–H and O–H groups in total. The van der Waals surface area contributed by atoms with Crippen LogP contribution in [0.3, 0.4) is 0 Å². The summed E-state index contributed by atoms with van der Waals surface area (Å²) < 4.78 is 0. The number of nitrogens with zero attached hydrogens (tertiary/aromatic N) is 1. The molecule has 0 radical (unpaired) electrons. The molecule has 1 aromatic rings.